The van der Waals surface area contributed by atoms with Gasteiger partial charge >= 0.3 is 0 Å². The van der Waals surface area contributed by atoms with Crippen LogP contribution in [0.2, 0.25) is 0 Å². The minimum Gasteiger partial charge on any atom is -0.396 e. The highest BCUT2D eigenvalue weighted by Gasteiger charge is 2.34. The van der Waals surface area contributed by atoms with Crippen molar-refractivity contribution in [2.24, 2.45) is 5.41 Å². The maximum atomic E-state index is 8.71. The maximum Gasteiger partial charge on any atom is 0.0523 e. The molecule has 0 saturated carbocycles. The fourth-order valence-electron chi connectivity index (χ4n) is 0.727. The van der Waals surface area contributed by atoms with E-state index < -0.39 is 0 Å². The van der Waals surface area contributed by atoms with Crippen molar-refractivity contribution in [2.45, 2.75) is 0 Å². The molecular formula is C5H10ClNO. The van der Waals surface area contributed by atoms with E-state index in [0.29, 0.717) is 5.88 Å². The number of nitrogens with one attached hydrogen (secondary N) is 1. The number of hydrogen-bond acceptors (Lipinski definition) is 2. The number of halogens is 1. The average Bonchev–Trinajstić information content (AvgIpc) is 1.67. The summed E-state index contributed by atoms with van der Waals surface area (Å²) in [5, 5.41) is 11.8. The van der Waals surface area contributed by atoms with Crippen LogP contribution in [-0.4, -0.2) is 30.7 Å². The zero-order chi connectivity index (χ0) is 6.04. The van der Waals surface area contributed by atoms with Crippen molar-refractivity contribution in [1.82, 2.24) is 5.32 Å². The van der Waals surface area contributed by atoms with E-state index in [9.17, 15) is 0 Å². The van der Waals surface area contributed by atoms with Gasteiger partial charge in [0, 0.05) is 24.4 Å². The summed E-state index contributed by atoms with van der Waals surface area (Å²) in [6, 6.07) is 0. The van der Waals surface area contributed by atoms with Crippen molar-refractivity contribution < 1.29 is 5.11 Å². The van der Waals surface area contributed by atoms with Crippen LogP contribution in [0.1, 0.15) is 0 Å². The summed E-state index contributed by atoms with van der Waals surface area (Å²) < 4.78 is 0. The summed E-state index contributed by atoms with van der Waals surface area (Å²) in [7, 11) is 0. The Hall–Kier alpha value is 0.210. The van der Waals surface area contributed by atoms with Gasteiger partial charge in [0.1, 0.15) is 0 Å². The van der Waals surface area contributed by atoms with E-state index in [2.05, 4.69) is 5.32 Å². The quantitative estimate of drug-likeness (QED) is 0.515. The summed E-state index contributed by atoms with van der Waals surface area (Å²) in [5.74, 6) is 0.566. The molecule has 48 valence electrons. The molecule has 1 rings (SSSR count). The first kappa shape index (κ1) is 6.33. The fourth-order valence-corrected chi connectivity index (χ4v) is 1.00. The standard InChI is InChI=1S/C5H10ClNO/c6-1-5(4-8)2-7-3-5/h7-8H,1-4H2. The van der Waals surface area contributed by atoms with Gasteiger partial charge in [-0.15, -0.1) is 11.6 Å². The molecule has 8 heavy (non-hydrogen) atoms. The van der Waals surface area contributed by atoms with Crippen molar-refractivity contribution in [3.05, 3.63) is 0 Å². The molecule has 2 N–H and O–H groups in total. The largest absolute Gasteiger partial charge is 0.396 e. The van der Waals surface area contributed by atoms with E-state index in [1.54, 1.807) is 0 Å². The molecule has 1 saturated heterocycles. The molecule has 0 atom stereocenters. The van der Waals surface area contributed by atoms with Gasteiger partial charge in [-0.25, -0.2) is 0 Å². The Morgan fingerprint density at radius 1 is 1.62 bits per heavy atom. The topological polar surface area (TPSA) is 32.3 Å². The van der Waals surface area contributed by atoms with E-state index in [1.165, 1.54) is 0 Å². The molecule has 0 aliphatic carbocycles. The van der Waals surface area contributed by atoms with Crippen LogP contribution in [0.25, 0.3) is 0 Å². The van der Waals surface area contributed by atoms with Gasteiger partial charge in [-0.1, -0.05) is 0 Å². The molecule has 0 aromatic rings. The molecule has 0 spiro atoms. The van der Waals surface area contributed by atoms with Crippen molar-refractivity contribution >= 4 is 11.6 Å². The molecule has 0 amide bonds. The van der Waals surface area contributed by atoms with E-state index in [0.717, 1.165) is 13.1 Å². The third-order valence-corrected chi connectivity index (χ3v) is 2.19. The Morgan fingerprint density at radius 2 is 2.25 bits per heavy atom. The van der Waals surface area contributed by atoms with Gasteiger partial charge in [-0.05, 0) is 0 Å². The lowest BCUT2D eigenvalue weighted by Gasteiger charge is -2.39. The summed E-state index contributed by atoms with van der Waals surface area (Å²) in [6.07, 6.45) is 0. The minimum atomic E-state index is 0.0154. The first-order valence-corrected chi connectivity index (χ1v) is 3.24. The molecule has 0 unspecified atom stereocenters. The van der Waals surface area contributed by atoms with E-state index in [4.69, 9.17) is 16.7 Å². The lowest BCUT2D eigenvalue weighted by Crippen LogP contribution is -2.56. The fraction of sp³-hybridized carbons (Fsp3) is 1.00. The Labute approximate surface area is 53.8 Å². The molecular weight excluding hydrogens is 126 g/mol. The Bertz CT molecular complexity index is 69.0. The molecule has 2 nitrogen and oxygen atoms in total. The smallest absolute Gasteiger partial charge is 0.0523 e. The van der Waals surface area contributed by atoms with Crippen LogP contribution in [0.15, 0.2) is 0 Å². The van der Waals surface area contributed by atoms with Crippen molar-refractivity contribution in [3.63, 3.8) is 0 Å². The van der Waals surface area contributed by atoms with Gasteiger partial charge in [0.2, 0.25) is 0 Å². The van der Waals surface area contributed by atoms with Gasteiger partial charge in [-0.3, -0.25) is 0 Å². The lowest BCUT2D eigenvalue weighted by molar-refractivity contribution is 0.0904. The first-order chi connectivity index (χ1) is 3.83. The highest BCUT2D eigenvalue weighted by molar-refractivity contribution is 6.18. The lowest BCUT2D eigenvalue weighted by atomic mass is 9.85. The van der Waals surface area contributed by atoms with Crippen molar-refractivity contribution in [1.29, 1.82) is 0 Å². The predicted molar refractivity (Wildman–Crippen MR) is 33.1 cm³/mol. The van der Waals surface area contributed by atoms with Gasteiger partial charge < -0.3 is 10.4 Å². The van der Waals surface area contributed by atoms with Gasteiger partial charge in [0.25, 0.3) is 0 Å². The van der Waals surface area contributed by atoms with Crippen LogP contribution in [-0.2, 0) is 0 Å². The number of rotatable bonds is 2. The molecule has 0 radical (unpaired) electrons. The summed E-state index contributed by atoms with van der Waals surface area (Å²) in [6.45, 7) is 1.95. The van der Waals surface area contributed by atoms with Gasteiger partial charge in [0.05, 0.1) is 6.61 Å². The summed E-state index contributed by atoms with van der Waals surface area (Å²) in [4.78, 5) is 0. The highest BCUT2D eigenvalue weighted by Crippen LogP contribution is 2.22. The minimum absolute atomic E-state index is 0.0154. The summed E-state index contributed by atoms with van der Waals surface area (Å²) in [5.41, 5.74) is 0.0154. The Kier molecular flexibility index (Phi) is 1.75. The average molecular weight is 136 g/mol. The second-order valence-corrected chi connectivity index (χ2v) is 2.66. The molecule has 1 fully saturated rings. The van der Waals surface area contributed by atoms with E-state index in [-0.39, 0.29) is 12.0 Å². The number of hydrogen-bond donors (Lipinski definition) is 2. The number of aliphatic hydroxyl groups is 1. The monoisotopic (exact) mass is 135 g/mol. The first-order valence-electron chi connectivity index (χ1n) is 2.70. The number of alkyl halides is 1. The van der Waals surface area contributed by atoms with Gasteiger partial charge in [0.15, 0.2) is 0 Å². The Balaban J connectivity index is 2.33. The molecule has 0 bridgehead atoms. The highest BCUT2D eigenvalue weighted by atomic mass is 35.5. The number of aliphatic hydroxyl groups excluding tert-OH is 1. The normalized spacial score (nSPS) is 24.8. The molecule has 0 aromatic carbocycles. The van der Waals surface area contributed by atoms with Crippen LogP contribution in [0.5, 0.6) is 0 Å². The second-order valence-electron chi connectivity index (χ2n) is 2.40. The van der Waals surface area contributed by atoms with Crippen LogP contribution < -0.4 is 5.32 Å². The van der Waals surface area contributed by atoms with Crippen LogP contribution in [0, 0.1) is 5.41 Å². The third kappa shape index (κ3) is 0.835. The van der Waals surface area contributed by atoms with E-state index in [1.807, 2.05) is 0 Å². The predicted octanol–water partition coefficient (Wildman–Crippen LogP) is -0.193. The molecule has 0 aromatic heterocycles. The maximum absolute atomic E-state index is 8.71. The molecule has 3 heteroatoms. The SMILES string of the molecule is OCC1(CCl)CNC1. The van der Waals surface area contributed by atoms with E-state index >= 15 is 0 Å². The third-order valence-electron chi connectivity index (χ3n) is 1.62. The van der Waals surface area contributed by atoms with Crippen molar-refractivity contribution in [2.75, 3.05) is 25.6 Å². The molecule has 1 aliphatic rings. The molecule has 1 aliphatic heterocycles. The zero-order valence-corrected chi connectivity index (χ0v) is 5.41. The second kappa shape index (κ2) is 2.21. The van der Waals surface area contributed by atoms with Crippen LogP contribution in [0.4, 0.5) is 0 Å². The van der Waals surface area contributed by atoms with Crippen molar-refractivity contribution in [3.8, 4) is 0 Å². The Morgan fingerprint density at radius 3 is 2.25 bits per heavy atom. The van der Waals surface area contributed by atoms with Crippen LogP contribution >= 0.6 is 11.6 Å². The molecule has 1 heterocycles. The van der Waals surface area contributed by atoms with Crippen LogP contribution in [0.3, 0.4) is 0 Å². The van der Waals surface area contributed by atoms with Gasteiger partial charge in [-0.2, -0.15) is 0 Å². The zero-order valence-electron chi connectivity index (χ0n) is 4.65. The summed E-state index contributed by atoms with van der Waals surface area (Å²) >= 11 is 5.56.